The normalized spacial score (nSPS) is 12.5. The van der Waals surface area contributed by atoms with Crippen LogP contribution in [0.2, 0.25) is 0 Å². The van der Waals surface area contributed by atoms with E-state index in [0.717, 1.165) is 5.82 Å². The molecule has 0 amide bonds. The summed E-state index contributed by atoms with van der Waals surface area (Å²) >= 11 is 1.88. The second-order valence-corrected chi connectivity index (χ2v) is 4.53. The van der Waals surface area contributed by atoms with Gasteiger partial charge in [0.2, 0.25) is 0 Å². The highest BCUT2D eigenvalue weighted by molar-refractivity contribution is 7.98. The van der Waals surface area contributed by atoms with Gasteiger partial charge in [-0.1, -0.05) is 0 Å². The summed E-state index contributed by atoms with van der Waals surface area (Å²) in [4.78, 5) is 4.27. The van der Waals surface area contributed by atoms with Crippen molar-refractivity contribution in [2.75, 3.05) is 17.3 Å². The molecular formula is C11H18N2S. The number of hydrogen-bond donors (Lipinski definition) is 1. The lowest BCUT2D eigenvalue weighted by Gasteiger charge is -2.13. The van der Waals surface area contributed by atoms with Crippen LogP contribution in [0, 0.1) is 6.92 Å². The van der Waals surface area contributed by atoms with Crippen LogP contribution in [0.15, 0.2) is 18.3 Å². The lowest BCUT2D eigenvalue weighted by Crippen LogP contribution is -2.16. The van der Waals surface area contributed by atoms with E-state index in [1.807, 2.05) is 24.0 Å². The number of pyridine rings is 1. The SMILES string of the molecule is CSCCC(C)Nc1cc(C)ccn1. The smallest absolute Gasteiger partial charge is 0.126 e. The topological polar surface area (TPSA) is 24.9 Å². The molecule has 0 bridgehead atoms. The first-order chi connectivity index (χ1) is 6.72. The molecule has 0 radical (unpaired) electrons. The van der Waals surface area contributed by atoms with Crippen LogP contribution in [0.3, 0.4) is 0 Å². The Morgan fingerprint density at radius 2 is 2.36 bits per heavy atom. The predicted octanol–water partition coefficient (Wildman–Crippen LogP) is 2.94. The molecule has 1 unspecified atom stereocenters. The number of aromatic nitrogens is 1. The Morgan fingerprint density at radius 3 is 3.00 bits per heavy atom. The maximum Gasteiger partial charge on any atom is 0.126 e. The van der Waals surface area contributed by atoms with Gasteiger partial charge >= 0.3 is 0 Å². The van der Waals surface area contributed by atoms with Crippen LogP contribution in [0.25, 0.3) is 0 Å². The van der Waals surface area contributed by atoms with Gasteiger partial charge in [-0.15, -0.1) is 0 Å². The van der Waals surface area contributed by atoms with Crippen molar-refractivity contribution in [1.82, 2.24) is 4.98 Å². The summed E-state index contributed by atoms with van der Waals surface area (Å²) in [7, 11) is 0. The van der Waals surface area contributed by atoms with E-state index in [9.17, 15) is 0 Å². The first-order valence-electron chi connectivity index (χ1n) is 4.90. The molecule has 14 heavy (non-hydrogen) atoms. The number of nitrogens with one attached hydrogen (secondary N) is 1. The summed E-state index contributed by atoms with van der Waals surface area (Å²) in [5, 5.41) is 3.39. The van der Waals surface area contributed by atoms with Gasteiger partial charge in [0, 0.05) is 12.2 Å². The Balaban J connectivity index is 2.43. The third-order valence-corrected chi connectivity index (χ3v) is 2.71. The van der Waals surface area contributed by atoms with Crippen molar-refractivity contribution in [2.24, 2.45) is 0 Å². The van der Waals surface area contributed by atoms with Crippen LogP contribution in [-0.2, 0) is 0 Å². The third-order valence-electron chi connectivity index (χ3n) is 2.06. The zero-order valence-electron chi connectivity index (χ0n) is 9.08. The van der Waals surface area contributed by atoms with Gasteiger partial charge in [0.05, 0.1) is 0 Å². The van der Waals surface area contributed by atoms with E-state index in [1.54, 1.807) is 0 Å². The van der Waals surface area contributed by atoms with Gasteiger partial charge in [0.1, 0.15) is 5.82 Å². The van der Waals surface area contributed by atoms with Gasteiger partial charge in [-0.3, -0.25) is 0 Å². The number of anilines is 1. The molecule has 0 saturated heterocycles. The van der Waals surface area contributed by atoms with E-state index in [-0.39, 0.29) is 0 Å². The molecule has 78 valence electrons. The molecule has 1 N–H and O–H groups in total. The number of hydrogen-bond acceptors (Lipinski definition) is 3. The molecule has 2 nitrogen and oxygen atoms in total. The lowest BCUT2D eigenvalue weighted by molar-refractivity contribution is 0.767. The van der Waals surface area contributed by atoms with Gasteiger partial charge in [-0.25, -0.2) is 4.98 Å². The molecule has 0 aromatic carbocycles. The molecule has 0 aliphatic rings. The number of thioether (sulfide) groups is 1. The average Bonchev–Trinajstić information content (AvgIpc) is 2.15. The van der Waals surface area contributed by atoms with Crippen LogP contribution in [0.4, 0.5) is 5.82 Å². The fourth-order valence-corrected chi connectivity index (χ4v) is 1.82. The summed E-state index contributed by atoms with van der Waals surface area (Å²) in [6.45, 7) is 4.28. The highest BCUT2D eigenvalue weighted by atomic mass is 32.2. The standard InChI is InChI=1S/C11H18N2S/c1-9-4-6-12-11(8-9)13-10(2)5-7-14-3/h4,6,8,10H,5,7H2,1-3H3,(H,12,13). The molecule has 0 spiro atoms. The number of nitrogens with zero attached hydrogens (tertiary/aromatic N) is 1. The minimum Gasteiger partial charge on any atom is -0.368 e. The maximum atomic E-state index is 4.27. The Morgan fingerprint density at radius 1 is 1.57 bits per heavy atom. The van der Waals surface area contributed by atoms with Crippen molar-refractivity contribution in [3.05, 3.63) is 23.9 Å². The third kappa shape index (κ3) is 4.01. The highest BCUT2D eigenvalue weighted by Gasteiger charge is 2.01. The molecule has 0 aliphatic heterocycles. The summed E-state index contributed by atoms with van der Waals surface area (Å²) in [6, 6.07) is 4.59. The van der Waals surface area contributed by atoms with Gasteiger partial charge in [-0.05, 0) is 50.0 Å². The highest BCUT2D eigenvalue weighted by Crippen LogP contribution is 2.09. The second kappa shape index (κ2) is 5.91. The second-order valence-electron chi connectivity index (χ2n) is 3.55. The minimum absolute atomic E-state index is 0.497. The molecule has 1 rings (SSSR count). The van der Waals surface area contributed by atoms with Crippen molar-refractivity contribution in [3.8, 4) is 0 Å². The summed E-state index contributed by atoms with van der Waals surface area (Å²) in [6.07, 6.45) is 5.16. The van der Waals surface area contributed by atoms with Crippen molar-refractivity contribution in [2.45, 2.75) is 26.3 Å². The molecule has 1 aromatic heterocycles. The molecule has 1 atom stereocenters. The molecule has 0 aliphatic carbocycles. The van der Waals surface area contributed by atoms with Crippen molar-refractivity contribution in [1.29, 1.82) is 0 Å². The molecular weight excluding hydrogens is 192 g/mol. The van der Waals surface area contributed by atoms with E-state index in [1.165, 1.54) is 17.7 Å². The minimum atomic E-state index is 0.497. The molecule has 1 aromatic rings. The zero-order chi connectivity index (χ0) is 10.4. The Hall–Kier alpha value is -0.700. The molecule has 1 heterocycles. The Kier molecular flexibility index (Phi) is 4.80. The number of aryl methyl sites for hydroxylation is 1. The fourth-order valence-electron chi connectivity index (χ4n) is 1.23. The summed E-state index contributed by atoms with van der Waals surface area (Å²) < 4.78 is 0. The first-order valence-corrected chi connectivity index (χ1v) is 6.30. The summed E-state index contributed by atoms with van der Waals surface area (Å²) in [5.74, 6) is 2.18. The van der Waals surface area contributed by atoms with E-state index < -0.39 is 0 Å². The van der Waals surface area contributed by atoms with Crippen LogP contribution >= 0.6 is 11.8 Å². The largest absolute Gasteiger partial charge is 0.368 e. The number of rotatable bonds is 5. The molecule has 0 saturated carbocycles. The monoisotopic (exact) mass is 210 g/mol. The van der Waals surface area contributed by atoms with Gasteiger partial charge in [0.25, 0.3) is 0 Å². The van der Waals surface area contributed by atoms with Gasteiger partial charge < -0.3 is 5.32 Å². The quantitative estimate of drug-likeness (QED) is 0.809. The average molecular weight is 210 g/mol. The summed E-state index contributed by atoms with van der Waals surface area (Å²) in [5.41, 5.74) is 1.25. The molecule has 3 heteroatoms. The van der Waals surface area contributed by atoms with Crippen LogP contribution in [0.5, 0.6) is 0 Å². The van der Waals surface area contributed by atoms with Crippen molar-refractivity contribution >= 4 is 17.6 Å². The van der Waals surface area contributed by atoms with Crippen molar-refractivity contribution in [3.63, 3.8) is 0 Å². The first kappa shape index (κ1) is 11.4. The van der Waals surface area contributed by atoms with E-state index in [2.05, 4.69) is 36.5 Å². The molecule has 0 fully saturated rings. The van der Waals surface area contributed by atoms with Crippen LogP contribution < -0.4 is 5.32 Å². The van der Waals surface area contributed by atoms with Crippen molar-refractivity contribution < 1.29 is 0 Å². The predicted molar refractivity (Wildman–Crippen MR) is 65.1 cm³/mol. The van der Waals surface area contributed by atoms with E-state index in [0.29, 0.717) is 6.04 Å². The Labute approximate surface area is 90.5 Å². The van der Waals surface area contributed by atoms with Gasteiger partial charge in [-0.2, -0.15) is 11.8 Å². The zero-order valence-corrected chi connectivity index (χ0v) is 9.90. The van der Waals surface area contributed by atoms with Gasteiger partial charge in [0.15, 0.2) is 0 Å². The Bertz CT molecular complexity index is 276. The fraction of sp³-hybridized carbons (Fsp3) is 0.545. The van der Waals surface area contributed by atoms with Crippen LogP contribution in [-0.4, -0.2) is 23.0 Å². The van der Waals surface area contributed by atoms with E-state index >= 15 is 0 Å². The van der Waals surface area contributed by atoms with Crippen LogP contribution in [0.1, 0.15) is 18.9 Å². The lowest BCUT2D eigenvalue weighted by atomic mass is 10.2. The maximum absolute atomic E-state index is 4.27. The van der Waals surface area contributed by atoms with E-state index in [4.69, 9.17) is 0 Å².